The number of nitrogens with zero attached hydrogens (tertiary/aromatic N) is 1. The maximum absolute atomic E-state index is 12.5. The summed E-state index contributed by atoms with van der Waals surface area (Å²) >= 11 is 11.7. The number of ether oxygens (including phenoxy) is 1. The van der Waals surface area contributed by atoms with E-state index in [0.717, 1.165) is 11.3 Å². The molecule has 0 spiro atoms. The number of hydrogen-bond donors (Lipinski definition) is 1. The maximum Gasteiger partial charge on any atom is 0.326 e. The first-order valence-corrected chi connectivity index (χ1v) is 9.11. The summed E-state index contributed by atoms with van der Waals surface area (Å²) in [4.78, 5) is 37.6. The summed E-state index contributed by atoms with van der Waals surface area (Å²) in [5.74, 6) is -0.677. The van der Waals surface area contributed by atoms with Crippen LogP contribution in [0.3, 0.4) is 0 Å². The molecule has 3 amide bonds. The molecule has 1 N–H and O–H groups in total. The number of hydrogen-bond acceptors (Lipinski definition) is 4. The summed E-state index contributed by atoms with van der Waals surface area (Å²) < 4.78 is 5.13. The largest absolute Gasteiger partial charge is 0.459 e. The topological polar surface area (TPSA) is 75.7 Å². The zero-order valence-electron chi connectivity index (χ0n) is 15.0. The molecule has 0 saturated carbocycles. The third kappa shape index (κ3) is 4.89. The van der Waals surface area contributed by atoms with Gasteiger partial charge in [0.1, 0.15) is 18.7 Å². The number of carbonyl (C=O) groups excluding carboxylic acids is 3. The van der Waals surface area contributed by atoms with Crippen molar-refractivity contribution in [1.82, 2.24) is 10.2 Å². The van der Waals surface area contributed by atoms with Crippen molar-refractivity contribution in [3.8, 4) is 0 Å². The van der Waals surface area contributed by atoms with Crippen LogP contribution in [0.5, 0.6) is 0 Å². The fourth-order valence-corrected chi connectivity index (χ4v) is 2.93. The molecule has 26 heavy (non-hydrogen) atoms. The molecule has 1 aromatic carbocycles. The third-order valence-electron chi connectivity index (χ3n) is 4.24. The summed E-state index contributed by atoms with van der Waals surface area (Å²) in [5, 5.41) is 3.44. The second-order valence-corrected chi connectivity index (χ2v) is 7.81. The molecule has 1 saturated heterocycles. The Hall–Kier alpha value is -1.79. The summed E-state index contributed by atoms with van der Waals surface area (Å²) in [6.45, 7) is 5.31. The van der Waals surface area contributed by atoms with E-state index in [1.165, 1.54) is 0 Å². The Bertz CT molecular complexity index is 723. The van der Waals surface area contributed by atoms with Crippen LogP contribution in [0.4, 0.5) is 4.79 Å². The summed E-state index contributed by atoms with van der Waals surface area (Å²) in [7, 11) is 0. The van der Waals surface area contributed by atoms with E-state index in [1.807, 2.05) is 13.8 Å². The van der Waals surface area contributed by atoms with Crippen molar-refractivity contribution in [2.75, 3.05) is 6.54 Å². The van der Waals surface area contributed by atoms with Crippen molar-refractivity contribution in [1.29, 1.82) is 0 Å². The minimum atomic E-state index is -0.981. The van der Waals surface area contributed by atoms with Crippen LogP contribution in [-0.4, -0.2) is 34.9 Å². The fourth-order valence-electron chi connectivity index (χ4n) is 2.61. The van der Waals surface area contributed by atoms with Gasteiger partial charge in [0.25, 0.3) is 5.91 Å². The second kappa shape index (κ2) is 8.27. The van der Waals surface area contributed by atoms with Crippen molar-refractivity contribution in [2.45, 2.75) is 45.8 Å². The molecule has 6 nitrogen and oxygen atoms in total. The number of amides is 3. The molecule has 142 valence electrons. The average molecular weight is 401 g/mol. The van der Waals surface area contributed by atoms with Crippen LogP contribution in [0.1, 0.15) is 39.2 Å². The van der Waals surface area contributed by atoms with E-state index in [2.05, 4.69) is 5.32 Å². The highest BCUT2D eigenvalue weighted by Crippen LogP contribution is 2.25. The molecule has 0 aromatic heterocycles. The zero-order valence-corrected chi connectivity index (χ0v) is 16.5. The Morgan fingerprint density at radius 1 is 1.27 bits per heavy atom. The van der Waals surface area contributed by atoms with Crippen LogP contribution < -0.4 is 5.32 Å². The maximum atomic E-state index is 12.5. The van der Waals surface area contributed by atoms with Crippen LogP contribution in [-0.2, 0) is 20.9 Å². The predicted molar refractivity (Wildman–Crippen MR) is 99.0 cm³/mol. The van der Waals surface area contributed by atoms with Gasteiger partial charge in [-0.3, -0.25) is 14.5 Å². The Morgan fingerprint density at radius 3 is 2.58 bits per heavy atom. The minimum Gasteiger partial charge on any atom is -0.459 e. The van der Waals surface area contributed by atoms with Crippen LogP contribution >= 0.6 is 23.2 Å². The van der Waals surface area contributed by atoms with Crippen molar-refractivity contribution < 1.29 is 19.1 Å². The zero-order chi connectivity index (χ0) is 19.5. The van der Waals surface area contributed by atoms with E-state index in [0.29, 0.717) is 27.9 Å². The number of nitrogens with one attached hydrogen (secondary N) is 1. The quantitative estimate of drug-likeness (QED) is 0.557. The number of rotatable bonds is 7. The van der Waals surface area contributed by atoms with Gasteiger partial charge in [0.05, 0.1) is 10.0 Å². The molecule has 1 aromatic rings. The SMILES string of the molecule is CC(C)CC[C@@]1(C)NC(=O)N(CC(=O)OCc2ccc(Cl)c(Cl)c2)C1=O. The first-order valence-electron chi connectivity index (χ1n) is 8.36. The van der Waals surface area contributed by atoms with Gasteiger partial charge in [-0.1, -0.05) is 43.1 Å². The highest BCUT2D eigenvalue weighted by atomic mass is 35.5. The highest BCUT2D eigenvalue weighted by Gasteiger charge is 2.48. The number of carbonyl (C=O) groups is 3. The molecule has 0 aliphatic carbocycles. The highest BCUT2D eigenvalue weighted by molar-refractivity contribution is 6.42. The minimum absolute atomic E-state index is 0.0238. The van der Waals surface area contributed by atoms with E-state index >= 15 is 0 Å². The van der Waals surface area contributed by atoms with Gasteiger partial charge in [0.15, 0.2) is 0 Å². The van der Waals surface area contributed by atoms with Gasteiger partial charge in [-0.25, -0.2) is 4.79 Å². The molecule has 1 heterocycles. The molecular formula is C18H22Cl2N2O4. The van der Waals surface area contributed by atoms with Crippen molar-refractivity contribution >= 4 is 41.1 Å². The van der Waals surface area contributed by atoms with Crippen LogP contribution in [0, 0.1) is 5.92 Å². The number of urea groups is 1. The molecule has 1 atom stereocenters. The molecule has 0 radical (unpaired) electrons. The van der Waals surface area contributed by atoms with Crippen LogP contribution in [0.15, 0.2) is 18.2 Å². The van der Waals surface area contributed by atoms with Gasteiger partial charge in [-0.2, -0.15) is 0 Å². The number of imide groups is 1. The molecule has 2 rings (SSSR count). The molecule has 1 fully saturated rings. The van der Waals surface area contributed by atoms with E-state index in [-0.39, 0.29) is 6.61 Å². The number of benzene rings is 1. The lowest BCUT2D eigenvalue weighted by molar-refractivity contribution is -0.148. The molecule has 0 bridgehead atoms. The molecule has 8 heteroatoms. The monoisotopic (exact) mass is 400 g/mol. The van der Waals surface area contributed by atoms with Gasteiger partial charge in [0, 0.05) is 0 Å². The second-order valence-electron chi connectivity index (χ2n) is 7.00. The van der Waals surface area contributed by atoms with Gasteiger partial charge in [0.2, 0.25) is 0 Å². The van der Waals surface area contributed by atoms with E-state index in [1.54, 1.807) is 25.1 Å². The average Bonchev–Trinajstić information content (AvgIpc) is 2.78. The van der Waals surface area contributed by atoms with Crippen molar-refractivity contribution in [2.24, 2.45) is 5.92 Å². The van der Waals surface area contributed by atoms with Gasteiger partial charge >= 0.3 is 12.0 Å². The molecule has 1 aliphatic heterocycles. The van der Waals surface area contributed by atoms with Gasteiger partial charge in [-0.15, -0.1) is 0 Å². The smallest absolute Gasteiger partial charge is 0.326 e. The molecule has 0 unspecified atom stereocenters. The number of esters is 1. The Labute approximate surface area is 162 Å². The van der Waals surface area contributed by atoms with Crippen molar-refractivity contribution in [3.63, 3.8) is 0 Å². The van der Waals surface area contributed by atoms with E-state index in [9.17, 15) is 14.4 Å². The first kappa shape index (κ1) is 20.5. The Morgan fingerprint density at radius 2 is 1.96 bits per heavy atom. The molecule has 1 aliphatic rings. The van der Waals surface area contributed by atoms with Crippen molar-refractivity contribution in [3.05, 3.63) is 33.8 Å². The van der Waals surface area contributed by atoms with Crippen LogP contribution in [0.25, 0.3) is 0 Å². The van der Waals surface area contributed by atoms with Crippen LogP contribution in [0.2, 0.25) is 10.0 Å². The lowest BCUT2D eigenvalue weighted by Gasteiger charge is -2.22. The Balaban J connectivity index is 1.92. The first-order chi connectivity index (χ1) is 12.1. The standard InChI is InChI=1S/C18H22Cl2N2O4/c1-11(2)6-7-18(3)16(24)22(17(25)21-18)9-15(23)26-10-12-4-5-13(19)14(20)8-12/h4-5,8,11H,6-7,9-10H2,1-3H3,(H,21,25)/t18-/m1/s1. The lowest BCUT2D eigenvalue weighted by Crippen LogP contribution is -2.44. The summed E-state index contributed by atoms with van der Waals surface area (Å²) in [5.41, 5.74) is -0.322. The fraction of sp³-hybridized carbons (Fsp3) is 0.500. The van der Waals surface area contributed by atoms with E-state index < -0.39 is 30.0 Å². The molecular weight excluding hydrogens is 379 g/mol. The summed E-state index contributed by atoms with van der Waals surface area (Å²) in [6, 6.07) is 4.30. The predicted octanol–water partition coefficient (Wildman–Crippen LogP) is 3.78. The van der Waals surface area contributed by atoms with E-state index in [4.69, 9.17) is 27.9 Å². The lowest BCUT2D eigenvalue weighted by atomic mass is 9.92. The van der Waals surface area contributed by atoms with Gasteiger partial charge in [-0.05, 0) is 43.4 Å². The third-order valence-corrected chi connectivity index (χ3v) is 4.98. The Kier molecular flexibility index (Phi) is 6.53. The summed E-state index contributed by atoms with van der Waals surface area (Å²) in [6.07, 6.45) is 1.31. The van der Waals surface area contributed by atoms with Gasteiger partial charge < -0.3 is 10.1 Å². The number of halogens is 2. The normalized spacial score (nSPS) is 19.8.